The van der Waals surface area contributed by atoms with E-state index >= 15 is 0 Å². The molecule has 2 saturated heterocycles. The van der Waals surface area contributed by atoms with Crippen LogP contribution >= 0.6 is 0 Å². The summed E-state index contributed by atoms with van der Waals surface area (Å²) >= 11 is 0. The molecule has 2 aliphatic rings. The van der Waals surface area contributed by atoms with Crippen LogP contribution in [0.3, 0.4) is 0 Å². The summed E-state index contributed by atoms with van der Waals surface area (Å²) in [4.78, 5) is 12.0. The van der Waals surface area contributed by atoms with Crippen molar-refractivity contribution in [1.29, 1.82) is 5.26 Å². The molecule has 1 aromatic carbocycles. The van der Waals surface area contributed by atoms with E-state index in [1.165, 1.54) is 0 Å². The Labute approximate surface area is 159 Å². The lowest BCUT2D eigenvalue weighted by atomic mass is 10.0. The predicted octanol–water partition coefficient (Wildman–Crippen LogP) is 1.07. The molecule has 0 radical (unpaired) electrons. The van der Waals surface area contributed by atoms with E-state index in [2.05, 4.69) is 25.8 Å². The van der Waals surface area contributed by atoms with Gasteiger partial charge in [0.15, 0.2) is 9.84 Å². The first kappa shape index (κ1) is 18.2. The standard InChI is InChI=1S/C19H23N5O2S/c1-14-17(22-13-21-14)10-24-6-5-23(18-11-27(25,26)12-19(18)24)9-16-4-2-3-15(7-16)8-20/h2-4,7,13,18-19H,5-6,9-12H2,1H3,(H,21,22)/t18-,19+/m0/s1. The van der Waals surface area contributed by atoms with Crippen molar-refractivity contribution in [2.24, 2.45) is 0 Å². The molecule has 8 heteroatoms. The molecule has 0 saturated carbocycles. The van der Waals surface area contributed by atoms with Gasteiger partial charge in [-0.15, -0.1) is 0 Å². The summed E-state index contributed by atoms with van der Waals surface area (Å²) in [5.41, 5.74) is 3.70. The lowest BCUT2D eigenvalue weighted by Crippen LogP contribution is -2.58. The summed E-state index contributed by atoms with van der Waals surface area (Å²) < 4.78 is 24.8. The zero-order chi connectivity index (χ0) is 19.0. The van der Waals surface area contributed by atoms with Crippen LogP contribution in [0.4, 0.5) is 0 Å². The number of hydrogen-bond donors (Lipinski definition) is 1. The monoisotopic (exact) mass is 385 g/mol. The van der Waals surface area contributed by atoms with Crippen LogP contribution in [0.1, 0.15) is 22.5 Å². The first-order valence-corrected chi connectivity index (χ1v) is 10.9. The van der Waals surface area contributed by atoms with Crippen LogP contribution in [0, 0.1) is 18.3 Å². The lowest BCUT2D eigenvalue weighted by molar-refractivity contribution is 0.0347. The Kier molecular flexibility index (Phi) is 4.76. The van der Waals surface area contributed by atoms with Crippen molar-refractivity contribution in [3.8, 4) is 6.07 Å². The number of aromatic amines is 1. The fourth-order valence-corrected chi connectivity index (χ4v) is 6.24. The Balaban J connectivity index is 1.55. The highest BCUT2D eigenvalue weighted by atomic mass is 32.2. The summed E-state index contributed by atoms with van der Waals surface area (Å²) in [7, 11) is -3.05. The van der Waals surface area contributed by atoms with Gasteiger partial charge in [0.2, 0.25) is 0 Å². The van der Waals surface area contributed by atoms with Gasteiger partial charge in [-0.1, -0.05) is 12.1 Å². The van der Waals surface area contributed by atoms with Crippen molar-refractivity contribution in [2.75, 3.05) is 24.6 Å². The highest BCUT2D eigenvalue weighted by Crippen LogP contribution is 2.29. The molecule has 142 valence electrons. The number of imidazole rings is 1. The van der Waals surface area contributed by atoms with Crippen LogP contribution in [0.25, 0.3) is 0 Å². The van der Waals surface area contributed by atoms with Crippen molar-refractivity contribution in [3.05, 3.63) is 53.1 Å². The van der Waals surface area contributed by atoms with Gasteiger partial charge < -0.3 is 4.98 Å². The fraction of sp³-hybridized carbons (Fsp3) is 0.474. The minimum absolute atomic E-state index is 0.0148. The van der Waals surface area contributed by atoms with E-state index in [4.69, 9.17) is 5.26 Å². The van der Waals surface area contributed by atoms with Crippen LogP contribution in [0.5, 0.6) is 0 Å². The number of sulfone groups is 1. The summed E-state index contributed by atoms with van der Waals surface area (Å²) in [5.74, 6) is 0.404. The number of benzene rings is 1. The van der Waals surface area contributed by atoms with E-state index in [9.17, 15) is 8.42 Å². The highest BCUT2D eigenvalue weighted by Gasteiger charge is 2.46. The largest absolute Gasteiger partial charge is 0.348 e. The minimum atomic E-state index is -3.05. The maximum Gasteiger partial charge on any atom is 0.153 e. The molecule has 2 aromatic rings. The Morgan fingerprint density at radius 3 is 2.56 bits per heavy atom. The van der Waals surface area contributed by atoms with E-state index < -0.39 is 9.84 Å². The van der Waals surface area contributed by atoms with E-state index in [0.29, 0.717) is 18.7 Å². The van der Waals surface area contributed by atoms with Crippen molar-refractivity contribution < 1.29 is 8.42 Å². The van der Waals surface area contributed by atoms with E-state index in [0.717, 1.165) is 30.0 Å². The van der Waals surface area contributed by atoms with E-state index in [1.807, 2.05) is 25.1 Å². The number of nitrogens with zero attached hydrogens (tertiary/aromatic N) is 4. The molecule has 2 aliphatic heterocycles. The molecular weight excluding hydrogens is 362 g/mol. The number of nitriles is 1. The van der Waals surface area contributed by atoms with Crippen molar-refractivity contribution in [1.82, 2.24) is 19.8 Å². The predicted molar refractivity (Wildman–Crippen MR) is 102 cm³/mol. The third-order valence-corrected chi connectivity index (χ3v) is 7.33. The number of piperazine rings is 1. The molecule has 3 heterocycles. The summed E-state index contributed by atoms with van der Waals surface area (Å²) in [6, 6.07) is 9.69. The van der Waals surface area contributed by atoms with Crippen LogP contribution in [0.15, 0.2) is 30.6 Å². The van der Waals surface area contributed by atoms with Crippen LogP contribution in [-0.2, 0) is 22.9 Å². The maximum atomic E-state index is 12.4. The Morgan fingerprint density at radius 2 is 1.93 bits per heavy atom. The van der Waals surface area contributed by atoms with E-state index in [-0.39, 0.29) is 23.6 Å². The third-order valence-electron chi connectivity index (χ3n) is 5.63. The fourth-order valence-electron chi connectivity index (χ4n) is 4.20. The number of hydrogen-bond acceptors (Lipinski definition) is 6. The number of H-pyrrole nitrogens is 1. The first-order chi connectivity index (χ1) is 12.9. The van der Waals surface area contributed by atoms with Gasteiger partial charge in [-0.25, -0.2) is 13.4 Å². The Hall–Kier alpha value is -2.21. The molecule has 4 rings (SSSR count). The average molecular weight is 385 g/mol. The topological polar surface area (TPSA) is 93.1 Å². The van der Waals surface area contributed by atoms with Crippen LogP contribution in [-0.4, -0.2) is 64.9 Å². The van der Waals surface area contributed by atoms with Crippen molar-refractivity contribution >= 4 is 9.84 Å². The summed E-state index contributed by atoms with van der Waals surface area (Å²) in [6.07, 6.45) is 1.69. The number of fused-ring (bicyclic) bond motifs is 1. The van der Waals surface area contributed by atoms with Gasteiger partial charge in [-0.2, -0.15) is 5.26 Å². The molecule has 2 fully saturated rings. The molecule has 27 heavy (non-hydrogen) atoms. The number of aryl methyl sites for hydroxylation is 1. The molecule has 0 spiro atoms. The normalized spacial score (nSPS) is 25.2. The minimum Gasteiger partial charge on any atom is -0.348 e. The zero-order valence-corrected chi connectivity index (χ0v) is 16.1. The zero-order valence-electron chi connectivity index (χ0n) is 15.3. The van der Waals surface area contributed by atoms with E-state index in [1.54, 1.807) is 12.4 Å². The van der Waals surface area contributed by atoms with Crippen LogP contribution < -0.4 is 0 Å². The molecule has 0 bridgehead atoms. The second kappa shape index (κ2) is 7.08. The lowest BCUT2D eigenvalue weighted by Gasteiger charge is -2.43. The van der Waals surface area contributed by atoms with Crippen molar-refractivity contribution in [3.63, 3.8) is 0 Å². The van der Waals surface area contributed by atoms with Gasteiger partial charge in [0.1, 0.15) is 0 Å². The average Bonchev–Trinajstić information content (AvgIpc) is 3.19. The summed E-state index contributed by atoms with van der Waals surface area (Å²) in [5, 5.41) is 9.11. The molecular formula is C19H23N5O2S. The second-order valence-corrected chi connectivity index (χ2v) is 9.59. The van der Waals surface area contributed by atoms with Gasteiger partial charge in [0, 0.05) is 44.0 Å². The second-order valence-electron chi connectivity index (χ2n) is 7.44. The molecule has 1 N–H and O–H groups in total. The Morgan fingerprint density at radius 1 is 1.22 bits per heavy atom. The third kappa shape index (κ3) is 3.76. The summed E-state index contributed by atoms with van der Waals surface area (Å²) in [6.45, 7) is 4.94. The molecule has 0 amide bonds. The first-order valence-electron chi connectivity index (χ1n) is 9.11. The quantitative estimate of drug-likeness (QED) is 0.846. The molecule has 0 aliphatic carbocycles. The molecule has 2 atom stereocenters. The van der Waals surface area contributed by atoms with Gasteiger partial charge in [-0.3, -0.25) is 9.80 Å². The van der Waals surface area contributed by atoms with Crippen LogP contribution in [0.2, 0.25) is 0 Å². The number of rotatable bonds is 4. The van der Waals surface area contributed by atoms with Gasteiger partial charge in [-0.05, 0) is 24.6 Å². The van der Waals surface area contributed by atoms with Gasteiger partial charge in [0.25, 0.3) is 0 Å². The molecule has 7 nitrogen and oxygen atoms in total. The maximum absolute atomic E-state index is 12.4. The molecule has 1 aromatic heterocycles. The smallest absolute Gasteiger partial charge is 0.153 e. The highest BCUT2D eigenvalue weighted by molar-refractivity contribution is 7.91. The molecule has 0 unspecified atom stereocenters. The van der Waals surface area contributed by atoms with Gasteiger partial charge >= 0.3 is 0 Å². The SMILES string of the molecule is Cc1[nH]cnc1CN1CCN(Cc2cccc(C#N)c2)[C@H]2CS(=O)(=O)C[C@H]21. The van der Waals surface area contributed by atoms with Gasteiger partial charge in [0.05, 0.1) is 35.2 Å². The van der Waals surface area contributed by atoms with Crippen molar-refractivity contribution in [2.45, 2.75) is 32.1 Å². The number of aromatic nitrogens is 2. The Bertz CT molecular complexity index is 978. The number of nitrogens with one attached hydrogen (secondary N) is 1.